The van der Waals surface area contributed by atoms with Crippen molar-refractivity contribution < 1.29 is 23.8 Å². The molecule has 0 aliphatic carbocycles. The van der Waals surface area contributed by atoms with Gasteiger partial charge in [0.2, 0.25) is 5.78 Å². The smallest absolute Gasteiger partial charge is 0.330 e. The molecule has 0 bridgehead atoms. The number of halogens is 1. The Labute approximate surface area is 188 Å². The van der Waals surface area contributed by atoms with Gasteiger partial charge in [0.05, 0.1) is 18.9 Å². The maximum atomic E-state index is 13.2. The number of aliphatic hydroxyl groups excluding tert-OH is 1. The van der Waals surface area contributed by atoms with E-state index in [0.717, 1.165) is 5.56 Å². The number of imidazole rings is 2. The summed E-state index contributed by atoms with van der Waals surface area (Å²) in [5.41, 5.74) is 0.655. The van der Waals surface area contributed by atoms with Crippen molar-refractivity contribution >= 4 is 41.5 Å². The predicted octanol–water partition coefficient (Wildman–Crippen LogP) is 1.48. The number of nitrogens with one attached hydrogen (secondary N) is 1. The van der Waals surface area contributed by atoms with E-state index in [4.69, 9.17) is 13.8 Å². The molecule has 2 fully saturated rings. The van der Waals surface area contributed by atoms with Crippen molar-refractivity contribution in [1.29, 1.82) is 0 Å². The highest BCUT2D eigenvalue weighted by Crippen LogP contribution is 2.47. The molecule has 32 heavy (non-hydrogen) atoms. The second-order valence-corrected chi connectivity index (χ2v) is 9.39. The van der Waals surface area contributed by atoms with Crippen LogP contribution in [0.15, 0.2) is 40.3 Å². The summed E-state index contributed by atoms with van der Waals surface area (Å²) in [6.07, 6.45) is 3.39. The molecule has 2 aliphatic rings. The zero-order valence-corrected chi connectivity index (χ0v) is 18.7. The Bertz CT molecular complexity index is 1380. The van der Waals surface area contributed by atoms with Gasteiger partial charge < -0.3 is 28.8 Å². The minimum Gasteiger partial charge on any atom is -0.388 e. The van der Waals surface area contributed by atoms with Gasteiger partial charge in [0.1, 0.15) is 11.7 Å². The lowest BCUT2D eigenvalue weighted by molar-refractivity contribution is -0.137. The number of rotatable bonds is 2. The number of aromatic nitrogens is 6. The first-order chi connectivity index (χ1) is 15.4. The van der Waals surface area contributed by atoms with Gasteiger partial charge in [-0.15, -0.1) is 0 Å². The van der Waals surface area contributed by atoms with Crippen molar-refractivity contribution in [3.05, 3.63) is 45.8 Å². The van der Waals surface area contributed by atoms with Gasteiger partial charge in [-0.3, -0.25) is 14.3 Å². The fourth-order valence-corrected chi connectivity index (χ4v) is 5.42. The molecule has 0 radical (unpaired) electrons. The summed E-state index contributed by atoms with van der Waals surface area (Å²) >= 11 is 3.37. The zero-order valence-electron chi connectivity index (χ0n) is 16.3. The molecular formula is C18H16BrN6O6P. The molecule has 2 saturated heterocycles. The van der Waals surface area contributed by atoms with E-state index in [0.29, 0.717) is 16.2 Å². The summed E-state index contributed by atoms with van der Waals surface area (Å²) in [4.78, 5) is 38.7. The first-order valence-corrected chi connectivity index (χ1v) is 11.6. The molecule has 1 unspecified atom stereocenters. The molecular weight excluding hydrogens is 507 g/mol. The standard InChI is InChI=1S/C18H16BrN6O6P/c19-16-22-12-13(25(16)15-11(26)5-18(31-15)7-29-32(28)30-8-18)23-17-21-10(6-24(17)14(12)27)9-1-3-20-4-2-9/h1-4,6,11,15,26,28H,5,7-8H2,(H,21,23)/t11?,15-,18?,32?/m1/s1. The lowest BCUT2D eigenvalue weighted by Gasteiger charge is -2.33. The normalized spacial score (nSPS) is 28.3. The number of aliphatic hydroxyl groups is 1. The maximum absolute atomic E-state index is 13.2. The number of aromatic amines is 1. The highest BCUT2D eigenvalue weighted by atomic mass is 79.9. The Hall–Kier alpha value is -2.25. The van der Waals surface area contributed by atoms with Crippen molar-refractivity contribution in [3.63, 3.8) is 0 Å². The second kappa shape index (κ2) is 7.39. The van der Waals surface area contributed by atoms with E-state index in [1.165, 1.54) is 4.40 Å². The molecule has 12 nitrogen and oxygen atoms in total. The minimum absolute atomic E-state index is 0.0826. The molecule has 2 atom stereocenters. The van der Waals surface area contributed by atoms with Crippen LogP contribution < -0.4 is 5.56 Å². The average molecular weight is 523 g/mol. The highest BCUT2D eigenvalue weighted by molar-refractivity contribution is 9.10. The van der Waals surface area contributed by atoms with E-state index in [1.54, 1.807) is 23.2 Å². The van der Waals surface area contributed by atoms with Crippen LogP contribution in [0.2, 0.25) is 0 Å². The van der Waals surface area contributed by atoms with Gasteiger partial charge in [-0.25, -0.2) is 9.38 Å². The van der Waals surface area contributed by atoms with Crippen LogP contribution in [0.4, 0.5) is 0 Å². The van der Waals surface area contributed by atoms with Crippen LogP contribution in [0.3, 0.4) is 0 Å². The number of pyridine rings is 1. The van der Waals surface area contributed by atoms with E-state index in [1.807, 2.05) is 12.1 Å². The Kier molecular flexibility index (Phi) is 4.70. The van der Waals surface area contributed by atoms with Gasteiger partial charge in [-0.05, 0) is 28.1 Å². The Balaban J connectivity index is 1.46. The van der Waals surface area contributed by atoms with Gasteiger partial charge in [-0.1, -0.05) is 0 Å². The van der Waals surface area contributed by atoms with Crippen molar-refractivity contribution in [2.24, 2.45) is 0 Å². The third kappa shape index (κ3) is 3.12. The Morgan fingerprint density at radius 2 is 2.00 bits per heavy atom. The quantitative estimate of drug-likeness (QED) is 0.262. The number of fused-ring (bicyclic) bond motifs is 2. The molecule has 6 rings (SSSR count). The fourth-order valence-electron chi connectivity index (χ4n) is 4.11. The van der Waals surface area contributed by atoms with E-state index < -0.39 is 26.5 Å². The topological polar surface area (TPSA) is 149 Å². The van der Waals surface area contributed by atoms with Gasteiger partial charge in [0.25, 0.3) is 5.56 Å². The minimum atomic E-state index is -1.94. The number of nitrogens with zero attached hydrogens (tertiary/aromatic N) is 5. The molecule has 2 aliphatic heterocycles. The van der Waals surface area contributed by atoms with Gasteiger partial charge in [-0.2, -0.15) is 4.98 Å². The first-order valence-electron chi connectivity index (χ1n) is 9.64. The van der Waals surface area contributed by atoms with Crippen LogP contribution in [-0.4, -0.2) is 63.8 Å². The maximum Gasteiger partial charge on any atom is 0.330 e. The summed E-state index contributed by atoms with van der Waals surface area (Å²) in [7, 11) is -1.94. The zero-order chi connectivity index (χ0) is 22.0. The van der Waals surface area contributed by atoms with Gasteiger partial charge in [0, 0.05) is 30.6 Å². The number of H-pyrrole nitrogens is 1. The van der Waals surface area contributed by atoms with E-state index in [2.05, 4.69) is 35.9 Å². The highest BCUT2D eigenvalue weighted by Gasteiger charge is 2.51. The van der Waals surface area contributed by atoms with E-state index in [9.17, 15) is 14.8 Å². The van der Waals surface area contributed by atoms with Crippen molar-refractivity contribution in [3.8, 4) is 11.3 Å². The van der Waals surface area contributed by atoms with Crippen LogP contribution in [-0.2, 0) is 13.8 Å². The van der Waals surface area contributed by atoms with Crippen molar-refractivity contribution in [1.82, 2.24) is 28.9 Å². The number of ether oxygens (including phenoxy) is 1. The lowest BCUT2D eigenvalue weighted by Crippen LogP contribution is -2.41. The molecule has 0 amide bonds. The monoisotopic (exact) mass is 522 g/mol. The molecule has 0 aromatic carbocycles. The summed E-state index contributed by atoms with van der Waals surface area (Å²) in [6.45, 7) is 0.165. The SMILES string of the molecule is O=c1c2nc(Br)n([C@@H]3OC4(COP(O)OC4)CC3O)c2nc2[nH]c(-c3ccncc3)cn12. The van der Waals surface area contributed by atoms with Gasteiger partial charge in [0.15, 0.2) is 22.1 Å². The molecule has 14 heteroatoms. The molecule has 166 valence electrons. The average Bonchev–Trinajstić information content (AvgIpc) is 3.45. The summed E-state index contributed by atoms with van der Waals surface area (Å²) in [5, 5.41) is 10.8. The largest absolute Gasteiger partial charge is 0.388 e. The number of hydrogen-bond donors (Lipinski definition) is 3. The first kappa shape index (κ1) is 20.4. The predicted molar refractivity (Wildman–Crippen MR) is 115 cm³/mol. The van der Waals surface area contributed by atoms with Crippen molar-refractivity contribution in [2.75, 3.05) is 13.2 Å². The molecule has 0 saturated carbocycles. The van der Waals surface area contributed by atoms with Crippen LogP contribution in [0, 0.1) is 0 Å². The van der Waals surface area contributed by atoms with Gasteiger partial charge >= 0.3 is 8.60 Å². The Morgan fingerprint density at radius 1 is 1.25 bits per heavy atom. The van der Waals surface area contributed by atoms with Crippen molar-refractivity contribution in [2.45, 2.75) is 24.4 Å². The molecule has 4 aromatic heterocycles. The van der Waals surface area contributed by atoms with Crippen LogP contribution in [0.1, 0.15) is 12.6 Å². The number of hydrogen-bond acceptors (Lipinski definition) is 9. The van der Waals surface area contributed by atoms with Crippen LogP contribution >= 0.6 is 24.5 Å². The summed E-state index contributed by atoms with van der Waals surface area (Å²) in [5.74, 6) is 0.320. The fraction of sp³-hybridized carbons (Fsp3) is 0.333. The molecule has 6 heterocycles. The third-order valence-electron chi connectivity index (χ3n) is 5.61. The van der Waals surface area contributed by atoms with Crippen LogP contribution in [0.5, 0.6) is 0 Å². The van der Waals surface area contributed by atoms with E-state index >= 15 is 0 Å². The lowest BCUT2D eigenvalue weighted by atomic mass is 10.0. The Morgan fingerprint density at radius 3 is 2.75 bits per heavy atom. The third-order valence-corrected chi connectivity index (χ3v) is 6.87. The second-order valence-electron chi connectivity index (χ2n) is 7.68. The summed E-state index contributed by atoms with van der Waals surface area (Å²) in [6, 6.07) is 3.64. The summed E-state index contributed by atoms with van der Waals surface area (Å²) < 4.78 is 19.8. The van der Waals surface area contributed by atoms with Crippen LogP contribution in [0.25, 0.3) is 28.2 Å². The van der Waals surface area contributed by atoms with E-state index in [-0.39, 0.29) is 36.4 Å². The molecule has 3 N–H and O–H groups in total. The molecule has 1 spiro atoms. The molecule has 4 aromatic rings.